The Morgan fingerprint density at radius 2 is 1.95 bits per heavy atom. The van der Waals surface area contributed by atoms with Crippen LogP contribution < -0.4 is 5.32 Å². The van der Waals surface area contributed by atoms with E-state index in [1.165, 1.54) is 6.07 Å². The summed E-state index contributed by atoms with van der Waals surface area (Å²) in [6, 6.07) is 14.5. The van der Waals surface area contributed by atoms with Crippen LogP contribution in [0.4, 0.5) is 5.69 Å². The van der Waals surface area contributed by atoms with Gasteiger partial charge in [0.25, 0.3) is 5.69 Å². The SMILES string of the molecule is CCC(NCc1ccc(Cl)cc1)c1cccc([N+](=O)[O-])c1. The summed E-state index contributed by atoms with van der Waals surface area (Å²) in [5.74, 6) is 0. The molecule has 0 spiro atoms. The Labute approximate surface area is 128 Å². The highest BCUT2D eigenvalue weighted by Crippen LogP contribution is 2.22. The summed E-state index contributed by atoms with van der Waals surface area (Å²) in [5.41, 5.74) is 2.18. The van der Waals surface area contributed by atoms with Crippen LogP contribution in [0.5, 0.6) is 0 Å². The number of hydrogen-bond donors (Lipinski definition) is 1. The van der Waals surface area contributed by atoms with E-state index in [0.29, 0.717) is 11.6 Å². The molecule has 2 aromatic rings. The van der Waals surface area contributed by atoms with Gasteiger partial charge in [0.1, 0.15) is 0 Å². The Bertz CT molecular complexity index is 614. The zero-order valence-corrected chi connectivity index (χ0v) is 12.5. The van der Waals surface area contributed by atoms with E-state index in [4.69, 9.17) is 11.6 Å². The number of nitrogens with zero attached hydrogens (tertiary/aromatic N) is 1. The quantitative estimate of drug-likeness (QED) is 0.632. The van der Waals surface area contributed by atoms with Gasteiger partial charge in [-0.15, -0.1) is 0 Å². The topological polar surface area (TPSA) is 55.2 Å². The molecule has 1 N–H and O–H groups in total. The van der Waals surface area contributed by atoms with E-state index in [0.717, 1.165) is 17.5 Å². The van der Waals surface area contributed by atoms with Crippen molar-refractivity contribution in [2.75, 3.05) is 0 Å². The second-order valence-electron chi connectivity index (χ2n) is 4.82. The van der Waals surface area contributed by atoms with Gasteiger partial charge in [-0.3, -0.25) is 10.1 Å². The first kappa shape index (κ1) is 15.5. The van der Waals surface area contributed by atoms with Gasteiger partial charge in [-0.1, -0.05) is 42.8 Å². The Morgan fingerprint density at radius 1 is 1.24 bits per heavy atom. The average molecular weight is 305 g/mol. The van der Waals surface area contributed by atoms with Crippen molar-refractivity contribution in [3.63, 3.8) is 0 Å². The number of non-ortho nitro benzene ring substituents is 1. The molecule has 4 nitrogen and oxygen atoms in total. The zero-order valence-electron chi connectivity index (χ0n) is 11.8. The van der Waals surface area contributed by atoms with Crippen LogP contribution >= 0.6 is 11.6 Å². The third-order valence-corrected chi connectivity index (χ3v) is 3.61. The first-order chi connectivity index (χ1) is 10.1. The van der Waals surface area contributed by atoms with Gasteiger partial charge in [-0.2, -0.15) is 0 Å². The van der Waals surface area contributed by atoms with E-state index in [9.17, 15) is 10.1 Å². The monoisotopic (exact) mass is 304 g/mol. The fourth-order valence-corrected chi connectivity index (χ4v) is 2.32. The number of benzene rings is 2. The molecule has 0 aromatic heterocycles. The molecule has 1 unspecified atom stereocenters. The minimum Gasteiger partial charge on any atom is -0.306 e. The summed E-state index contributed by atoms with van der Waals surface area (Å²) in [5, 5.41) is 15.0. The van der Waals surface area contributed by atoms with E-state index < -0.39 is 0 Å². The summed E-state index contributed by atoms with van der Waals surface area (Å²) in [6.45, 7) is 2.75. The Kier molecular flexibility index (Phi) is 5.31. The third kappa shape index (κ3) is 4.28. The smallest absolute Gasteiger partial charge is 0.269 e. The molecule has 0 fully saturated rings. The molecule has 5 heteroatoms. The van der Waals surface area contributed by atoms with Crippen LogP contribution in [0.15, 0.2) is 48.5 Å². The molecule has 2 aromatic carbocycles. The lowest BCUT2D eigenvalue weighted by atomic mass is 10.0. The molecule has 0 aliphatic rings. The number of nitro groups is 1. The highest BCUT2D eigenvalue weighted by molar-refractivity contribution is 6.30. The van der Waals surface area contributed by atoms with Crippen molar-refractivity contribution in [3.8, 4) is 0 Å². The van der Waals surface area contributed by atoms with Crippen molar-refractivity contribution < 1.29 is 4.92 Å². The standard InChI is InChI=1S/C16H17ClN2O2/c1-2-16(13-4-3-5-15(10-13)19(20)21)18-11-12-6-8-14(17)9-7-12/h3-10,16,18H,2,11H2,1H3. The zero-order chi connectivity index (χ0) is 15.2. The predicted molar refractivity (Wildman–Crippen MR) is 84.4 cm³/mol. The maximum atomic E-state index is 10.8. The van der Waals surface area contributed by atoms with Crippen molar-refractivity contribution in [1.29, 1.82) is 0 Å². The average Bonchev–Trinajstić information content (AvgIpc) is 2.50. The molecule has 0 amide bonds. The third-order valence-electron chi connectivity index (χ3n) is 3.36. The molecule has 0 aliphatic heterocycles. The van der Waals surface area contributed by atoms with Crippen LogP contribution in [0.1, 0.15) is 30.5 Å². The van der Waals surface area contributed by atoms with Gasteiger partial charge in [-0.25, -0.2) is 0 Å². The van der Waals surface area contributed by atoms with Crippen molar-refractivity contribution in [3.05, 3.63) is 74.8 Å². The largest absolute Gasteiger partial charge is 0.306 e. The minimum atomic E-state index is -0.366. The van der Waals surface area contributed by atoms with Crippen molar-refractivity contribution in [1.82, 2.24) is 5.32 Å². The summed E-state index contributed by atoms with van der Waals surface area (Å²) in [4.78, 5) is 10.5. The highest BCUT2D eigenvalue weighted by atomic mass is 35.5. The van der Waals surface area contributed by atoms with Crippen LogP contribution in [0.2, 0.25) is 5.02 Å². The van der Waals surface area contributed by atoms with E-state index in [1.54, 1.807) is 12.1 Å². The molecule has 0 saturated heterocycles. The number of nitrogens with one attached hydrogen (secondary N) is 1. The predicted octanol–water partition coefficient (Wildman–Crippen LogP) is 4.49. The summed E-state index contributed by atoms with van der Waals surface area (Å²) in [7, 11) is 0. The fourth-order valence-electron chi connectivity index (χ4n) is 2.20. The second-order valence-corrected chi connectivity index (χ2v) is 5.26. The second kappa shape index (κ2) is 7.20. The number of nitro benzene ring substituents is 1. The molecular weight excluding hydrogens is 288 g/mol. The van der Waals surface area contributed by atoms with Crippen LogP contribution in [-0.4, -0.2) is 4.92 Å². The lowest BCUT2D eigenvalue weighted by Crippen LogP contribution is -2.20. The van der Waals surface area contributed by atoms with Crippen molar-refractivity contribution >= 4 is 17.3 Å². The maximum Gasteiger partial charge on any atom is 0.269 e. The molecule has 21 heavy (non-hydrogen) atoms. The molecule has 110 valence electrons. The van der Waals surface area contributed by atoms with Gasteiger partial charge in [0.2, 0.25) is 0 Å². The number of rotatable bonds is 6. The fraction of sp³-hybridized carbons (Fsp3) is 0.250. The molecule has 1 atom stereocenters. The van der Waals surface area contributed by atoms with Crippen LogP contribution in [0, 0.1) is 10.1 Å². The van der Waals surface area contributed by atoms with Gasteiger partial charge in [-0.05, 0) is 29.7 Å². The van der Waals surface area contributed by atoms with Gasteiger partial charge < -0.3 is 5.32 Å². The summed E-state index contributed by atoms with van der Waals surface area (Å²) in [6.07, 6.45) is 0.856. The van der Waals surface area contributed by atoms with Crippen LogP contribution in [-0.2, 0) is 6.54 Å². The van der Waals surface area contributed by atoms with E-state index >= 15 is 0 Å². The van der Waals surface area contributed by atoms with E-state index in [1.807, 2.05) is 30.3 Å². The van der Waals surface area contributed by atoms with Gasteiger partial charge in [0.05, 0.1) is 4.92 Å². The molecule has 2 rings (SSSR count). The van der Waals surface area contributed by atoms with Gasteiger partial charge in [0.15, 0.2) is 0 Å². The molecule has 0 bridgehead atoms. The van der Waals surface area contributed by atoms with Gasteiger partial charge in [0, 0.05) is 29.7 Å². The Balaban J connectivity index is 2.07. The van der Waals surface area contributed by atoms with Crippen molar-refractivity contribution in [2.24, 2.45) is 0 Å². The Hall–Kier alpha value is -1.91. The highest BCUT2D eigenvalue weighted by Gasteiger charge is 2.12. The van der Waals surface area contributed by atoms with Crippen LogP contribution in [0.3, 0.4) is 0 Å². The first-order valence-electron chi connectivity index (χ1n) is 6.82. The maximum absolute atomic E-state index is 10.8. The van der Waals surface area contributed by atoms with Crippen molar-refractivity contribution in [2.45, 2.75) is 25.9 Å². The normalized spacial score (nSPS) is 12.1. The lowest BCUT2D eigenvalue weighted by molar-refractivity contribution is -0.384. The lowest BCUT2D eigenvalue weighted by Gasteiger charge is -2.17. The minimum absolute atomic E-state index is 0.0839. The number of hydrogen-bond acceptors (Lipinski definition) is 3. The molecule has 0 radical (unpaired) electrons. The van der Waals surface area contributed by atoms with Crippen LogP contribution in [0.25, 0.3) is 0 Å². The first-order valence-corrected chi connectivity index (χ1v) is 7.20. The van der Waals surface area contributed by atoms with Gasteiger partial charge >= 0.3 is 0 Å². The molecular formula is C16H17ClN2O2. The van der Waals surface area contributed by atoms with E-state index in [2.05, 4.69) is 12.2 Å². The molecule has 0 heterocycles. The van der Waals surface area contributed by atoms with E-state index in [-0.39, 0.29) is 16.7 Å². The molecule has 0 aliphatic carbocycles. The molecule has 0 saturated carbocycles. The Morgan fingerprint density at radius 3 is 2.57 bits per heavy atom. The number of halogens is 1. The summed E-state index contributed by atoms with van der Waals surface area (Å²) < 4.78 is 0. The summed E-state index contributed by atoms with van der Waals surface area (Å²) >= 11 is 5.86.